The van der Waals surface area contributed by atoms with Crippen molar-refractivity contribution in [3.63, 3.8) is 0 Å². The summed E-state index contributed by atoms with van der Waals surface area (Å²) in [7, 11) is -3.57. The van der Waals surface area contributed by atoms with E-state index in [1.54, 1.807) is 0 Å². The van der Waals surface area contributed by atoms with Gasteiger partial charge in [-0.1, -0.05) is 44.2 Å². The highest BCUT2D eigenvalue weighted by atomic mass is 32.2. The van der Waals surface area contributed by atoms with E-state index in [-0.39, 0.29) is 11.9 Å². The number of anilines is 1. The van der Waals surface area contributed by atoms with Gasteiger partial charge in [0.15, 0.2) is 0 Å². The third kappa shape index (κ3) is 5.95. The maximum Gasteiger partial charge on any atom is 0.236 e. The van der Waals surface area contributed by atoms with Gasteiger partial charge in [0.05, 0.1) is 0 Å². The lowest BCUT2D eigenvalue weighted by Gasteiger charge is -2.35. The van der Waals surface area contributed by atoms with E-state index in [9.17, 15) is 13.2 Å². The lowest BCUT2D eigenvalue weighted by Crippen LogP contribution is -2.51. The molecule has 7 heteroatoms. The Bertz CT molecular complexity index is 750. The molecule has 2 aliphatic rings. The van der Waals surface area contributed by atoms with E-state index in [0.717, 1.165) is 31.4 Å². The molecule has 28 heavy (non-hydrogen) atoms. The minimum atomic E-state index is -3.57. The van der Waals surface area contributed by atoms with Crippen molar-refractivity contribution in [3.05, 3.63) is 29.8 Å². The largest absolute Gasteiger partial charge is 0.369 e. The third-order valence-electron chi connectivity index (χ3n) is 5.78. The summed E-state index contributed by atoms with van der Waals surface area (Å²) in [6, 6.07) is 8.37. The van der Waals surface area contributed by atoms with Crippen LogP contribution in [0.1, 0.15) is 50.5 Å². The van der Waals surface area contributed by atoms with Gasteiger partial charge in [0.2, 0.25) is 15.9 Å². The molecule has 2 fully saturated rings. The number of amides is 1. The molecule has 1 aromatic carbocycles. The maximum atomic E-state index is 12.7. The summed E-state index contributed by atoms with van der Waals surface area (Å²) in [6.07, 6.45) is 7.81. The average Bonchev–Trinajstić information content (AvgIpc) is 2.63. The molecule has 1 saturated carbocycles. The molecule has 6 nitrogen and oxygen atoms in total. The Balaban J connectivity index is 1.50. The van der Waals surface area contributed by atoms with Gasteiger partial charge in [-0.3, -0.25) is 4.79 Å². The van der Waals surface area contributed by atoms with Crippen LogP contribution >= 0.6 is 0 Å². The van der Waals surface area contributed by atoms with Crippen molar-refractivity contribution in [1.29, 1.82) is 0 Å². The lowest BCUT2D eigenvalue weighted by atomic mass is 9.97. The summed E-state index contributed by atoms with van der Waals surface area (Å²) in [5.74, 6) is -0.791. The van der Waals surface area contributed by atoms with E-state index in [0.29, 0.717) is 26.2 Å². The standard InChI is InChI=1S/C21H33N3O3S/c1-18-8-7-11-20(16-18)23-12-14-24(15-13-23)28(26,27)17-21(25)22-19-9-5-3-2-4-6-10-19/h7-8,11,16,19H,2-6,9-10,12-15,17H2,1H3,(H,22,25). The Hall–Kier alpha value is -1.60. The zero-order chi connectivity index (χ0) is 20.0. The van der Waals surface area contributed by atoms with Crippen molar-refractivity contribution in [1.82, 2.24) is 9.62 Å². The summed E-state index contributed by atoms with van der Waals surface area (Å²) in [6.45, 7) is 4.19. The molecule has 0 atom stereocenters. The Kier molecular flexibility index (Phi) is 7.35. The minimum absolute atomic E-state index is 0.126. The van der Waals surface area contributed by atoms with Crippen LogP contribution in [-0.4, -0.2) is 56.6 Å². The monoisotopic (exact) mass is 407 g/mol. The molecule has 0 radical (unpaired) electrons. The zero-order valence-corrected chi connectivity index (χ0v) is 17.7. The second-order valence-electron chi connectivity index (χ2n) is 8.09. The molecule has 3 rings (SSSR count). The van der Waals surface area contributed by atoms with Gasteiger partial charge in [-0.2, -0.15) is 4.31 Å². The summed E-state index contributed by atoms with van der Waals surface area (Å²) < 4.78 is 26.9. The first kappa shape index (κ1) is 21.1. The topological polar surface area (TPSA) is 69.7 Å². The number of aryl methyl sites for hydroxylation is 1. The second kappa shape index (κ2) is 9.74. The summed E-state index contributed by atoms with van der Waals surface area (Å²) in [5.41, 5.74) is 2.32. The molecule has 1 heterocycles. The molecule has 0 bridgehead atoms. The number of carbonyl (C=O) groups is 1. The number of nitrogens with one attached hydrogen (secondary N) is 1. The fraction of sp³-hybridized carbons (Fsp3) is 0.667. The molecule has 1 saturated heterocycles. The van der Waals surface area contributed by atoms with E-state index in [4.69, 9.17) is 0 Å². The molecular formula is C21H33N3O3S. The SMILES string of the molecule is Cc1cccc(N2CCN(S(=O)(=O)CC(=O)NC3CCCCCCC3)CC2)c1. The minimum Gasteiger partial charge on any atom is -0.369 e. The highest BCUT2D eigenvalue weighted by Gasteiger charge is 2.29. The Morgan fingerprint density at radius 3 is 2.32 bits per heavy atom. The molecule has 0 unspecified atom stereocenters. The normalized spacial score (nSPS) is 20.4. The second-order valence-corrected chi connectivity index (χ2v) is 10.1. The summed E-state index contributed by atoms with van der Waals surface area (Å²) in [4.78, 5) is 14.6. The fourth-order valence-electron chi connectivity index (χ4n) is 4.18. The molecule has 1 amide bonds. The number of nitrogens with zero attached hydrogens (tertiary/aromatic N) is 2. The van der Waals surface area contributed by atoms with Crippen LogP contribution in [-0.2, 0) is 14.8 Å². The van der Waals surface area contributed by atoms with E-state index in [1.807, 2.05) is 6.07 Å². The van der Waals surface area contributed by atoms with Gasteiger partial charge in [0.25, 0.3) is 0 Å². The Morgan fingerprint density at radius 1 is 1.04 bits per heavy atom. The zero-order valence-electron chi connectivity index (χ0n) is 16.9. The molecule has 1 aromatic rings. The van der Waals surface area contributed by atoms with Crippen LogP contribution in [0.25, 0.3) is 0 Å². The van der Waals surface area contributed by atoms with Crippen LogP contribution in [0.4, 0.5) is 5.69 Å². The van der Waals surface area contributed by atoms with Crippen molar-refractivity contribution in [2.45, 2.75) is 57.9 Å². The molecule has 1 aliphatic carbocycles. The number of hydrogen-bond donors (Lipinski definition) is 1. The van der Waals surface area contributed by atoms with E-state index in [1.165, 1.54) is 29.1 Å². The highest BCUT2D eigenvalue weighted by molar-refractivity contribution is 7.89. The van der Waals surface area contributed by atoms with Crippen LogP contribution in [0.3, 0.4) is 0 Å². The number of rotatable bonds is 5. The predicted octanol–water partition coefficient (Wildman–Crippen LogP) is 2.68. The average molecular weight is 408 g/mol. The number of piperazine rings is 1. The number of hydrogen-bond acceptors (Lipinski definition) is 4. The quantitative estimate of drug-likeness (QED) is 0.815. The Labute approximate surface area is 169 Å². The summed E-state index contributed by atoms with van der Waals surface area (Å²) in [5, 5.41) is 2.97. The van der Waals surface area contributed by atoms with Crippen LogP contribution < -0.4 is 10.2 Å². The highest BCUT2D eigenvalue weighted by Crippen LogP contribution is 2.20. The molecule has 1 aliphatic heterocycles. The van der Waals surface area contributed by atoms with Crippen LogP contribution in [0.5, 0.6) is 0 Å². The fourth-order valence-corrected chi connectivity index (χ4v) is 5.49. The van der Waals surface area contributed by atoms with E-state index < -0.39 is 15.8 Å². The molecule has 0 spiro atoms. The van der Waals surface area contributed by atoms with E-state index >= 15 is 0 Å². The summed E-state index contributed by atoms with van der Waals surface area (Å²) >= 11 is 0. The van der Waals surface area contributed by atoms with Gasteiger partial charge in [-0.25, -0.2) is 8.42 Å². The van der Waals surface area contributed by atoms with Gasteiger partial charge in [0, 0.05) is 37.9 Å². The smallest absolute Gasteiger partial charge is 0.236 e. The van der Waals surface area contributed by atoms with Crippen molar-refractivity contribution in [3.8, 4) is 0 Å². The predicted molar refractivity (Wildman–Crippen MR) is 113 cm³/mol. The van der Waals surface area contributed by atoms with Gasteiger partial charge in [0.1, 0.15) is 5.75 Å². The number of carbonyl (C=O) groups excluding carboxylic acids is 1. The van der Waals surface area contributed by atoms with E-state index in [2.05, 4.69) is 35.3 Å². The number of sulfonamides is 1. The van der Waals surface area contributed by atoms with Gasteiger partial charge in [-0.05, 0) is 37.5 Å². The first-order chi connectivity index (χ1) is 13.4. The first-order valence-electron chi connectivity index (χ1n) is 10.5. The van der Waals surface area contributed by atoms with Crippen molar-refractivity contribution < 1.29 is 13.2 Å². The van der Waals surface area contributed by atoms with Crippen LogP contribution in [0.15, 0.2) is 24.3 Å². The molecular weight excluding hydrogens is 374 g/mol. The molecule has 156 valence electrons. The van der Waals surface area contributed by atoms with Crippen LogP contribution in [0.2, 0.25) is 0 Å². The van der Waals surface area contributed by atoms with Gasteiger partial charge in [-0.15, -0.1) is 0 Å². The molecule has 0 aromatic heterocycles. The molecule has 1 N–H and O–H groups in total. The number of benzene rings is 1. The van der Waals surface area contributed by atoms with Crippen molar-refractivity contribution in [2.24, 2.45) is 0 Å². The van der Waals surface area contributed by atoms with Gasteiger partial charge >= 0.3 is 0 Å². The van der Waals surface area contributed by atoms with Crippen molar-refractivity contribution in [2.75, 3.05) is 36.8 Å². The third-order valence-corrected chi connectivity index (χ3v) is 7.56. The van der Waals surface area contributed by atoms with Gasteiger partial charge < -0.3 is 10.2 Å². The lowest BCUT2D eigenvalue weighted by molar-refractivity contribution is -0.119. The Morgan fingerprint density at radius 2 is 1.68 bits per heavy atom. The van der Waals surface area contributed by atoms with Crippen molar-refractivity contribution >= 4 is 21.6 Å². The first-order valence-corrected chi connectivity index (χ1v) is 12.1. The maximum absolute atomic E-state index is 12.7. The van der Waals surface area contributed by atoms with Crippen LogP contribution in [0, 0.1) is 6.92 Å².